The second-order valence-electron chi connectivity index (χ2n) is 3.41. The SMILES string of the molecule is COC(=O)c1c[nH]c2cccc(OC)c2c1=O. The lowest BCUT2D eigenvalue weighted by atomic mass is 10.1. The first-order chi connectivity index (χ1) is 8.19. The van der Waals surface area contributed by atoms with Crippen LogP contribution >= 0.6 is 0 Å². The minimum Gasteiger partial charge on any atom is -0.496 e. The molecule has 0 atom stereocenters. The van der Waals surface area contributed by atoms with Crippen molar-refractivity contribution < 1.29 is 14.3 Å². The summed E-state index contributed by atoms with van der Waals surface area (Å²) in [5, 5.41) is 0.345. The predicted octanol–water partition coefficient (Wildman–Crippen LogP) is 1.32. The quantitative estimate of drug-likeness (QED) is 0.794. The third-order valence-corrected chi connectivity index (χ3v) is 2.50. The molecule has 0 aliphatic rings. The fourth-order valence-corrected chi connectivity index (χ4v) is 1.67. The maximum absolute atomic E-state index is 12.1. The number of H-pyrrole nitrogens is 1. The van der Waals surface area contributed by atoms with Gasteiger partial charge >= 0.3 is 5.97 Å². The Bertz CT molecular complexity index is 630. The first-order valence-corrected chi connectivity index (χ1v) is 4.95. The number of benzene rings is 1. The van der Waals surface area contributed by atoms with E-state index in [1.807, 2.05) is 0 Å². The van der Waals surface area contributed by atoms with Crippen molar-refractivity contribution in [2.45, 2.75) is 0 Å². The van der Waals surface area contributed by atoms with Crippen LogP contribution in [0, 0.1) is 0 Å². The molecule has 0 fully saturated rings. The maximum Gasteiger partial charge on any atom is 0.343 e. The van der Waals surface area contributed by atoms with Crippen molar-refractivity contribution in [3.05, 3.63) is 40.2 Å². The van der Waals surface area contributed by atoms with Crippen molar-refractivity contribution >= 4 is 16.9 Å². The molecule has 0 amide bonds. The van der Waals surface area contributed by atoms with Crippen LogP contribution in [-0.2, 0) is 4.74 Å². The molecule has 0 saturated heterocycles. The number of rotatable bonds is 2. The van der Waals surface area contributed by atoms with Crippen molar-refractivity contribution in [3.8, 4) is 5.75 Å². The summed E-state index contributed by atoms with van der Waals surface area (Å²) in [6, 6.07) is 5.16. The number of aromatic amines is 1. The van der Waals surface area contributed by atoms with Gasteiger partial charge in [-0.05, 0) is 12.1 Å². The van der Waals surface area contributed by atoms with Gasteiger partial charge in [-0.25, -0.2) is 4.79 Å². The summed E-state index contributed by atoms with van der Waals surface area (Å²) >= 11 is 0. The highest BCUT2D eigenvalue weighted by molar-refractivity contribution is 5.95. The van der Waals surface area contributed by atoms with Crippen LogP contribution in [0.5, 0.6) is 5.75 Å². The number of pyridine rings is 1. The van der Waals surface area contributed by atoms with Crippen LogP contribution in [0.1, 0.15) is 10.4 Å². The van der Waals surface area contributed by atoms with Crippen LogP contribution in [0.25, 0.3) is 10.9 Å². The lowest BCUT2D eigenvalue weighted by molar-refractivity contribution is 0.0599. The molecule has 1 aromatic carbocycles. The van der Waals surface area contributed by atoms with Crippen molar-refractivity contribution in [1.29, 1.82) is 0 Å². The van der Waals surface area contributed by atoms with Gasteiger partial charge in [-0.2, -0.15) is 0 Å². The van der Waals surface area contributed by atoms with Gasteiger partial charge < -0.3 is 14.5 Å². The molecule has 2 rings (SSSR count). The van der Waals surface area contributed by atoms with Gasteiger partial charge in [0.25, 0.3) is 0 Å². The molecule has 0 saturated carbocycles. The highest BCUT2D eigenvalue weighted by atomic mass is 16.5. The molecule has 0 bridgehead atoms. The molecule has 1 heterocycles. The van der Waals surface area contributed by atoms with Crippen LogP contribution in [-0.4, -0.2) is 25.2 Å². The van der Waals surface area contributed by atoms with Gasteiger partial charge in [0.1, 0.15) is 11.3 Å². The van der Waals surface area contributed by atoms with Crippen molar-refractivity contribution in [2.75, 3.05) is 14.2 Å². The van der Waals surface area contributed by atoms with E-state index >= 15 is 0 Å². The molecular weight excluding hydrogens is 222 g/mol. The van der Waals surface area contributed by atoms with E-state index in [-0.39, 0.29) is 5.56 Å². The molecule has 5 nitrogen and oxygen atoms in total. The standard InChI is InChI=1S/C12H11NO4/c1-16-9-5-3-4-8-10(9)11(14)7(6-13-8)12(15)17-2/h3-6H,1-2H3,(H,13,14). The largest absolute Gasteiger partial charge is 0.496 e. The molecule has 0 unspecified atom stereocenters. The van der Waals surface area contributed by atoms with E-state index in [2.05, 4.69) is 9.72 Å². The first kappa shape index (κ1) is 11.2. The monoisotopic (exact) mass is 233 g/mol. The molecule has 0 radical (unpaired) electrons. The number of aromatic nitrogens is 1. The second kappa shape index (κ2) is 4.29. The van der Waals surface area contributed by atoms with Gasteiger partial charge in [0.15, 0.2) is 0 Å². The number of ether oxygens (including phenoxy) is 2. The summed E-state index contributed by atoms with van der Waals surface area (Å²) in [7, 11) is 2.70. The van der Waals surface area contributed by atoms with E-state index in [0.717, 1.165) is 0 Å². The maximum atomic E-state index is 12.1. The highest BCUT2D eigenvalue weighted by Crippen LogP contribution is 2.20. The fourth-order valence-electron chi connectivity index (χ4n) is 1.67. The molecule has 0 aliphatic carbocycles. The number of carbonyl (C=O) groups is 1. The van der Waals surface area contributed by atoms with Gasteiger partial charge in [0.2, 0.25) is 5.43 Å². The molecule has 0 aliphatic heterocycles. The predicted molar refractivity (Wildman–Crippen MR) is 62.5 cm³/mol. The Kier molecular flexibility index (Phi) is 2.82. The molecule has 2 aromatic rings. The second-order valence-corrected chi connectivity index (χ2v) is 3.41. The topological polar surface area (TPSA) is 68.4 Å². The van der Waals surface area contributed by atoms with Gasteiger partial charge in [0, 0.05) is 6.20 Å². The van der Waals surface area contributed by atoms with Crippen LogP contribution in [0.15, 0.2) is 29.2 Å². The third kappa shape index (κ3) is 1.75. The Hall–Kier alpha value is -2.30. The highest BCUT2D eigenvalue weighted by Gasteiger charge is 2.15. The third-order valence-electron chi connectivity index (χ3n) is 2.50. The van der Waals surface area contributed by atoms with E-state index in [4.69, 9.17) is 4.74 Å². The molecule has 0 spiro atoms. The molecular formula is C12H11NO4. The molecule has 88 valence electrons. The van der Waals surface area contributed by atoms with Gasteiger partial charge in [0.05, 0.1) is 25.1 Å². The number of carbonyl (C=O) groups excluding carboxylic acids is 1. The van der Waals surface area contributed by atoms with Crippen molar-refractivity contribution in [2.24, 2.45) is 0 Å². The molecule has 17 heavy (non-hydrogen) atoms. The summed E-state index contributed by atoms with van der Waals surface area (Å²) in [4.78, 5) is 26.4. The number of hydrogen-bond donors (Lipinski definition) is 1. The Balaban J connectivity index is 2.82. The fraction of sp³-hybridized carbons (Fsp3) is 0.167. The van der Waals surface area contributed by atoms with E-state index in [9.17, 15) is 9.59 Å². The zero-order chi connectivity index (χ0) is 12.4. The zero-order valence-electron chi connectivity index (χ0n) is 9.44. The Morgan fingerprint density at radius 2 is 2.06 bits per heavy atom. The Morgan fingerprint density at radius 1 is 1.29 bits per heavy atom. The van der Waals surface area contributed by atoms with E-state index in [0.29, 0.717) is 16.7 Å². The Morgan fingerprint density at radius 3 is 2.71 bits per heavy atom. The van der Waals surface area contributed by atoms with Crippen LogP contribution in [0.3, 0.4) is 0 Å². The van der Waals surface area contributed by atoms with Gasteiger partial charge in [-0.1, -0.05) is 6.07 Å². The van der Waals surface area contributed by atoms with Gasteiger partial charge in [-0.15, -0.1) is 0 Å². The first-order valence-electron chi connectivity index (χ1n) is 4.95. The molecule has 5 heteroatoms. The van der Waals surface area contributed by atoms with Crippen LogP contribution < -0.4 is 10.2 Å². The van der Waals surface area contributed by atoms with Gasteiger partial charge in [-0.3, -0.25) is 4.79 Å². The van der Waals surface area contributed by atoms with E-state index < -0.39 is 11.4 Å². The normalized spacial score (nSPS) is 10.2. The summed E-state index contributed by atoms with van der Waals surface area (Å²) in [5.74, 6) is -0.242. The minimum absolute atomic E-state index is 0.0375. The van der Waals surface area contributed by atoms with Crippen LogP contribution in [0.4, 0.5) is 0 Å². The van der Waals surface area contributed by atoms with Crippen molar-refractivity contribution in [3.63, 3.8) is 0 Å². The molecule has 1 aromatic heterocycles. The summed E-state index contributed by atoms with van der Waals surface area (Å²) in [5.41, 5.74) is 0.176. The number of nitrogens with one attached hydrogen (secondary N) is 1. The summed E-state index contributed by atoms with van der Waals surface area (Å²) in [6.45, 7) is 0. The number of methoxy groups -OCH3 is 2. The minimum atomic E-state index is -0.668. The molecule has 1 N–H and O–H groups in total. The number of fused-ring (bicyclic) bond motifs is 1. The lowest BCUT2D eigenvalue weighted by Gasteiger charge is -2.05. The number of hydrogen-bond acceptors (Lipinski definition) is 4. The smallest absolute Gasteiger partial charge is 0.343 e. The summed E-state index contributed by atoms with van der Waals surface area (Å²) < 4.78 is 9.64. The van der Waals surface area contributed by atoms with Crippen molar-refractivity contribution in [1.82, 2.24) is 4.98 Å². The summed E-state index contributed by atoms with van der Waals surface area (Å²) in [6.07, 6.45) is 1.34. The lowest BCUT2D eigenvalue weighted by Crippen LogP contribution is -2.17. The zero-order valence-corrected chi connectivity index (χ0v) is 9.44. The van der Waals surface area contributed by atoms with Crippen LogP contribution in [0.2, 0.25) is 0 Å². The van der Waals surface area contributed by atoms with E-state index in [1.165, 1.54) is 20.4 Å². The Labute approximate surface area is 97.0 Å². The average Bonchev–Trinajstić information content (AvgIpc) is 2.37. The number of esters is 1. The van der Waals surface area contributed by atoms with E-state index in [1.54, 1.807) is 18.2 Å². The average molecular weight is 233 g/mol.